The van der Waals surface area contributed by atoms with Crippen LogP contribution in [0, 0.1) is 4.64 Å². The third-order valence-electron chi connectivity index (χ3n) is 2.00. The predicted octanol–water partition coefficient (Wildman–Crippen LogP) is 1.59. The molecule has 0 radical (unpaired) electrons. The Morgan fingerprint density at radius 3 is 2.72 bits per heavy atom. The fourth-order valence-corrected chi connectivity index (χ4v) is 1.45. The van der Waals surface area contributed by atoms with E-state index in [4.69, 9.17) is 12.2 Å². The molecular weight excluding hydrogens is 273 g/mol. The number of rotatable bonds is 1. The quantitative estimate of drug-likeness (QED) is 0.633. The predicted molar refractivity (Wildman–Crippen MR) is 54.5 cm³/mol. The van der Waals surface area contributed by atoms with Gasteiger partial charge in [-0.25, -0.2) is 14.3 Å². The third kappa shape index (κ3) is 2.06. The molecule has 18 heavy (non-hydrogen) atoms. The van der Waals surface area contributed by atoms with Crippen LogP contribution in [0.1, 0.15) is 16.3 Å². The zero-order valence-electron chi connectivity index (χ0n) is 8.78. The van der Waals surface area contributed by atoms with E-state index < -0.39 is 17.8 Å². The number of ether oxygens (including phenoxy) is 1. The number of esters is 1. The van der Waals surface area contributed by atoms with E-state index >= 15 is 0 Å². The van der Waals surface area contributed by atoms with Crippen LogP contribution in [0.4, 0.5) is 13.2 Å². The van der Waals surface area contributed by atoms with Crippen LogP contribution in [-0.4, -0.2) is 32.7 Å². The van der Waals surface area contributed by atoms with Gasteiger partial charge in [-0.3, -0.25) is 5.10 Å². The van der Waals surface area contributed by atoms with Gasteiger partial charge in [-0.1, -0.05) is 12.2 Å². The van der Waals surface area contributed by atoms with Crippen LogP contribution in [0.5, 0.6) is 0 Å². The Labute approximate surface area is 102 Å². The number of nitrogens with one attached hydrogen (secondary N) is 1. The Morgan fingerprint density at radius 2 is 2.17 bits per heavy atom. The van der Waals surface area contributed by atoms with E-state index in [1.54, 1.807) is 0 Å². The Kier molecular flexibility index (Phi) is 2.81. The topological polar surface area (TPSA) is 72.3 Å². The number of aromatic nitrogens is 4. The minimum absolute atomic E-state index is 0.199. The number of H-pyrrole nitrogens is 1. The minimum Gasteiger partial charge on any atom is -0.463 e. The zero-order valence-corrected chi connectivity index (χ0v) is 9.59. The van der Waals surface area contributed by atoms with E-state index in [-0.39, 0.29) is 16.2 Å². The summed E-state index contributed by atoms with van der Waals surface area (Å²) in [7, 11) is 1.11. The highest BCUT2D eigenvalue weighted by atomic mass is 32.1. The lowest BCUT2D eigenvalue weighted by molar-refractivity contribution is -0.141. The highest BCUT2D eigenvalue weighted by Gasteiger charge is 2.33. The summed E-state index contributed by atoms with van der Waals surface area (Å²) in [4.78, 5) is 18.0. The number of carbonyl (C=O) groups is 1. The number of aromatic amines is 1. The van der Waals surface area contributed by atoms with Gasteiger partial charge >= 0.3 is 12.1 Å². The van der Waals surface area contributed by atoms with Crippen molar-refractivity contribution in [3.8, 4) is 0 Å². The van der Waals surface area contributed by atoms with E-state index in [2.05, 4.69) is 19.8 Å². The van der Waals surface area contributed by atoms with Crippen molar-refractivity contribution >= 4 is 24.0 Å². The normalized spacial score (nSPS) is 11.8. The SMILES string of the molecule is COC(=O)c1nc2nc(C(F)(F)F)cc(=S)n2[nH]1. The van der Waals surface area contributed by atoms with Crippen molar-refractivity contribution in [1.82, 2.24) is 19.6 Å². The lowest BCUT2D eigenvalue weighted by atomic mass is 10.4. The molecule has 96 valence electrons. The van der Waals surface area contributed by atoms with Gasteiger partial charge in [0.15, 0.2) is 5.69 Å². The van der Waals surface area contributed by atoms with Gasteiger partial charge < -0.3 is 4.74 Å². The summed E-state index contributed by atoms with van der Waals surface area (Å²) in [5, 5.41) is 2.39. The molecule has 2 heterocycles. The number of halogens is 3. The van der Waals surface area contributed by atoms with Crippen molar-refractivity contribution in [3.05, 3.63) is 22.2 Å². The minimum atomic E-state index is -4.63. The molecule has 0 amide bonds. The third-order valence-corrected chi connectivity index (χ3v) is 2.30. The highest BCUT2D eigenvalue weighted by Crippen LogP contribution is 2.27. The summed E-state index contributed by atoms with van der Waals surface area (Å²) in [6.45, 7) is 0. The van der Waals surface area contributed by atoms with Crippen molar-refractivity contribution in [2.24, 2.45) is 0 Å². The Bertz CT molecular complexity index is 675. The molecule has 0 bridgehead atoms. The number of fused-ring (bicyclic) bond motifs is 1. The Balaban J connectivity index is 2.67. The molecule has 2 aromatic heterocycles. The number of nitrogens with zero attached hydrogens (tertiary/aromatic N) is 3. The van der Waals surface area contributed by atoms with Crippen LogP contribution in [0.2, 0.25) is 0 Å². The van der Waals surface area contributed by atoms with Gasteiger partial charge in [0.05, 0.1) is 7.11 Å². The van der Waals surface area contributed by atoms with Gasteiger partial charge in [0.2, 0.25) is 5.82 Å². The maximum absolute atomic E-state index is 12.5. The van der Waals surface area contributed by atoms with Crippen LogP contribution in [0.15, 0.2) is 6.07 Å². The number of methoxy groups -OCH3 is 1. The number of carbonyl (C=O) groups excluding carboxylic acids is 1. The first-order chi connectivity index (χ1) is 8.32. The maximum atomic E-state index is 12.5. The van der Waals surface area contributed by atoms with Crippen LogP contribution < -0.4 is 0 Å². The molecule has 0 fully saturated rings. The Morgan fingerprint density at radius 1 is 1.50 bits per heavy atom. The molecule has 0 saturated carbocycles. The van der Waals surface area contributed by atoms with E-state index in [1.165, 1.54) is 0 Å². The molecule has 0 saturated heterocycles. The largest absolute Gasteiger partial charge is 0.463 e. The molecule has 0 aliphatic carbocycles. The molecule has 2 rings (SSSR count). The fraction of sp³-hybridized carbons (Fsp3) is 0.250. The molecule has 6 nitrogen and oxygen atoms in total. The monoisotopic (exact) mass is 278 g/mol. The van der Waals surface area contributed by atoms with Crippen molar-refractivity contribution in [1.29, 1.82) is 0 Å². The van der Waals surface area contributed by atoms with E-state index in [0.29, 0.717) is 6.07 Å². The summed E-state index contributed by atoms with van der Waals surface area (Å²) in [5.74, 6) is -1.46. The summed E-state index contributed by atoms with van der Waals surface area (Å²) in [6.07, 6.45) is -4.63. The molecule has 2 aromatic rings. The standard InChI is InChI=1S/C8H5F3N4O2S/c1-17-6(16)5-13-7-12-3(8(9,10)11)2-4(18)15(7)14-5/h2H,1H3,(H,12,13,14). The van der Waals surface area contributed by atoms with Gasteiger partial charge in [0.1, 0.15) is 4.64 Å². The maximum Gasteiger partial charge on any atom is 0.433 e. The second-order valence-corrected chi connectivity index (χ2v) is 3.59. The fourth-order valence-electron chi connectivity index (χ4n) is 1.21. The van der Waals surface area contributed by atoms with Crippen LogP contribution in [0.25, 0.3) is 5.78 Å². The molecular formula is C8H5F3N4O2S. The molecule has 0 aliphatic heterocycles. The molecule has 1 N–H and O–H groups in total. The molecule has 0 spiro atoms. The number of alkyl halides is 3. The molecule has 0 atom stereocenters. The molecule has 10 heteroatoms. The average Bonchev–Trinajstić information content (AvgIpc) is 2.71. The number of hydrogen-bond acceptors (Lipinski definition) is 5. The van der Waals surface area contributed by atoms with Gasteiger partial charge in [0, 0.05) is 6.07 Å². The van der Waals surface area contributed by atoms with E-state index in [0.717, 1.165) is 11.6 Å². The van der Waals surface area contributed by atoms with Crippen LogP contribution >= 0.6 is 12.2 Å². The smallest absolute Gasteiger partial charge is 0.433 e. The van der Waals surface area contributed by atoms with E-state index in [1.807, 2.05) is 0 Å². The average molecular weight is 278 g/mol. The molecule has 0 aromatic carbocycles. The zero-order chi connectivity index (χ0) is 13.5. The second-order valence-electron chi connectivity index (χ2n) is 3.18. The van der Waals surface area contributed by atoms with Gasteiger partial charge in [0.25, 0.3) is 5.78 Å². The second kappa shape index (κ2) is 4.05. The van der Waals surface area contributed by atoms with Crippen molar-refractivity contribution in [2.45, 2.75) is 6.18 Å². The first-order valence-corrected chi connectivity index (χ1v) is 4.89. The number of hydrogen-bond donors (Lipinski definition) is 1. The van der Waals surface area contributed by atoms with Crippen LogP contribution in [-0.2, 0) is 10.9 Å². The Hall–Kier alpha value is -1.97. The van der Waals surface area contributed by atoms with Gasteiger partial charge in [-0.2, -0.15) is 18.2 Å². The van der Waals surface area contributed by atoms with Crippen molar-refractivity contribution in [2.75, 3.05) is 7.11 Å². The lowest BCUT2D eigenvalue weighted by Gasteiger charge is -2.04. The lowest BCUT2D eigenvalue weighted by Crippen LogP contribution is -2.09. The highest BCUT2D eigenvalue weighted by molar-refractivity contribution is 7.71. The van der Waals surface area contributed by atoms with Crippen molar-refractivity contribution in [3.63, 3.8) is 0 Å². The first kappa shape index (κ1) is 12.5. The molecule has 0 aliphatic rings. The van der Waals surface area contributed by atoms with Crippen LogP contribution in [0.3, 0.4) is 0 Å². The van der Waals surface area contributed by atoms with E-state index in [9.17, 15) is 18.0 Å². The first-order valence-electron chi connectivity index (χ1n) is 4.48. The summed E-state index contributed by atoms with van der Waals surface area (Å²) in [6, 6.07) is 0.668. The summed E-state index contributed by atoms with van der Waals surface area (Å²) < 4.78 is 42.6. The summed E-state index contributed by atoms with van der Waals surface area (Å²) >= 11 is 4.75. The molecule has 0 unspecified atom stereocenters. The van der Waals surface area contributed by atoms with Crippen molar-refractivity contribution < 1.29 is 22.7 Å². The van der Waals surface area contributed by atoms with Gasteiger partial charge in [-0.05, 0) is 0 Å². The van der Waals surface area contributed by atoms with Gasteiger partial charge in [-0.15, -0.1) is 0 Å². The summed E-state index contributed by atoms with van der Waals surface area (Å²) in [5.41, 5.74) is -1.17.